The SMILES string of the molecule is CC(C)CNC(=O)CCNc1nc(Br)cn2ccnc12. The number of halogens is 1. The highest BCUT2D eigenvalue weighted by Crippen LogP contribution is 2.16. The summed E-state index contributed by atoms with van der Waals surface area (Å²) in [5.41, 5.74) is 0.746. The molecule has 0 aromatic carbocycles. The van der Waals surface area contributed by atoms with E-state index in [1.165, 1.54) is 0 Å². The van der Waals surface area contributed by atoms with Gasteiger partial charge in [-0.05, 0) is 21.8 Å². The summed E-state index contributed by atoms with van der Waals surface area (Å²) in [5, 5.41) is 6.03. The Kier molecular flexibility index (Phi) is 4.94. The van der Waals surface area contributed by atoms with Gasteiger partial charge in [0.15, 0.2) is 11.5 Å². The second-order valence-corrected chi connectivity index (χ2v) is 5.76. The van der Waals surface area contributed by atoms with Crippen molar-refractivity contribution in [3.8, 4) is 0 Å². The fraction of sp³-hybridized carbons (Fsp3) is 0.462. The molecule has 2 N–H and O–H groups in total. The first-order chi connectivity index (χ1) is 9.56. The van der Waals surface area contributed by atoms with Crippen LogP contribution in [0.3, 0.4) is 0 Å². The Morgan fingerprint density at radius 1 is 1.50 bits per heavy atom. The lowest BCUT2D eigenvalue weighted by atomic mass is 10.2. The number of carbonyl (C=O) groups is 1. The largest absolute Gasteiger partial charge is 0.366 e. The van der Waals surface area contributed by atoms with Gasteiger partial charge < -0.3 is 15.0 Å². The number of hydrogen-bond donors (Lipinski definition) is 2. The minimum Gasteiger partial charge on any atom is -0.366 e. The second kappa shape index (κ2) is 6.69. The topological polar surface area (TPSA) is 71.3 Å². The molecule has 0 bridgehead atoms. The third kappa shape index (κ3) is 3.93. The molecule has 0 saturated carbocycles. The maximum atomic E-state index is 11.6. The van der Waals surface area contributed by atoms with Gasteiger partial charge in [0.2, 0.25) is 5.91 Å². The van der Waals surface area contributed by atoms with Crippen LogP contribution in [0.2, 0.25) is 0 Å². The lowest BCUT2D eigenvalue weighted by Gasteiger charge is -2.09. The number of fused-ring (bicyclic) bond motifs is 1. The van der Waals surface area contributed by atoms with Crippen LogP contribution in [-0.4, -0.2) is 33.4 Å². The molecular formula is C13H18BrN5O. The number of nitrogens with one attached hydrogen (secondary N) is 2. The summed E-state index contributed by atoms with van der Waals surface area (Å²) in [6.45, 7) is 5.37. The number of imidazole rings is 1. The first-order valence-corrected chi connectivity index (χ1v) is 7.35. The van der Waals surface area contributed by atoms with E-state index in [1.54, 1.807) is 6.20 Å². The van der Waals surface area contributed by atoms with E-state index in [4.69, 9.17) is 0 Å². The van der Waals surface area contributed by atoms with E-state index in [0.717, 1.165) is 10.3 Å². The van der Waals surface area contributed by atoms with Crippen molar-refractivity contribution in [3.63, 3.8) is 0 Å². The Bertz CT molecular complexity index is 595. The summed E-state index contributed by atoms with van der Waals surface area (Å²) >= 11 is 3.35. The number of nitrogens with zero attached hydrogens (tertiary/aromatic N) is 3. The Hall–Kier alpha value is -1.63. The van der Waals surface area contributed by atoms with Crippen molar-refractivity contribution in [2.24, 2.45) is 5.92 Å². The minimum absolute atomic E-state index is 0.0422. The summed E-state index contributed by atoms with van der Waals surface area (Å²) in [7, 11) is 0. The zero-order chi connectivity index (χ0) is 14.5. The number of amides is 1. The van der Waals surface area contributed by atoms with Crippen LogP contribution in [0.25, 0.3) is 5.65 Å². The quantitative estimate of drug-likeness (QED) is 0.845. The van der Waals surface area contributed by atoms with Crippen molar-refractivity contribution in [1.29, 1.82) is 0 Å². The average molecular weight is 340 g/mol. The smallest absolute Gasteiger partial charge is 0.221 e. The molecule has 0 spiro atoms. The van der Waals surface area contributed by atoms with E-state index < -0.39 is 0 Å². The molecule has 1 amide bonds. The second-order valence-electron chi connectivity index (χ2n) is 4.95. The molecule has 7 heteroatoms. The van der Waals surface area contributed by atoms with Crippen LogP contribution < -0.4 is 10.6 Å². The first kappa shape index (κ1) is 14.8. The van der Waals surface area contributed by atoms with Crippen molar-refractivity contribution >= 4 is 33.3 Å². The molecule has 0 fully saturated rings. The van der Waals surface area contributed by atoms with Gasteiger partial charge in [-0.25, -0.2) is 9.97 Å². The van der Waals surface area contributed by atoms with Crippen LogP contribution in [0.4, 0.5) is 5.82 Å². The Morgan fingerprint density at radius 2 is 2.30 bits per heavy atom. The Labute approximate surface area is 126 Å². The van der Waals surface area contributed by atoms with E-state index in [9.17, 15) is 4.79 Å². The standard InChI is InChI=1S/C13H18BrN5O/c1-9(2)7-17-11(20)3-4-15-12-13-16-5-6-19(13)8-10(14)18-12/h5-6,8-9H,3-4,7H2,1-2H3,(H,15,18)(H,17,20). The third-order valence-corrected chi connectivity index (χ3v) is 3.08. The highest BCUT2D eigenvalue weighted by Gasteiger charge is 2.07. The Balaban J connectivity index is 1.90. The molecule has 0 aliphatic rings. The van der Waals surface area contributed by atoms with Gasteiger partial charge in [0.05, 0.1) is 0 Å². The first-order valence-electron chi connectivity index (χ1n) is 6.56. The van der Waals surface area contributed by atoms with Gasteiger partial charge in [0.1, 0.15) is 4.60 Å². The molecule has 2 rings (SSSR count). The van der Waals surface area contributed by atoms with E-state index in [0.29, 0.717) is 31.2 Å². The van der Waals surface area contributed by atoms with Gasteiger partial charge in [0, 0.05) is 38.1 Å². The van der Waals surface area contributed by atoms with Crippen LogP contribution in [0, 0.1) is 5.92 Å². The zero-order valence-electron chi connectivity index (χ0n) is 11.6. The summed E-state index contributed by atoms with van der Waals surface area (Å²) in [6.07, 6.45) is 5.81. The molecule has 2 heterocycles. The van der Waals surface area contributed by atoms with Crippen molar-refractivity contribution in [2.75, 3.05) is 18.4 Å². The van der Waals surface area contributed by atoms with E-state index in [-0.39, 0.29) is 5.91 Å². The predicted molar refractivity (Wildman–Crippen MR) is 81.6 cm³/mol. The summed E-state index contributed by atoms with van der Waals surface area (Å²) < 4.78 is 2.59. The predicted octanol–water partition coefficient (Wildman–Crippen LogP) is 2.07. The summed E-state index contributed by atoms with van der Waals surface area (Å²) in [4.78, 5) is 20.2. The minimum atomic E-state index is 0.0422. The normalized spacial score (nSPS) is 11.0. The van der Waals surface area contributed by atoms with Crippen LogP contribution in [0.15, 0.2) is 23.2 Å². The van der Waals surface area contributed by atoms with Crippen molar-refractivity contribution in [3.05, 3.63) is 23.2 Å². The zero-order valence-corrected chi connectivity index (χ0v) is 13.1. The molecule has 0 aliphatic heterocycles. The number of carbonyl (C=O) groups excluding carboxylic acids is 1. The van der Waals surface area contributed by atoms with E-state index in [1.807, 2.05) is 16.8 Å². The molecule has 108 valence electrons. The highest BCUT2D eigenvalue weighted by atomic mass is 79.9. The lowest BCUT2D eigenvalue weighted by Crippen LogP contribution is -2.28. The molecule has 6 nitrogen and oxygen atoms in total. The number of aromatic nitrogens is 3. The monoisotopic (exact) mass is 339 g/mol. The van der Waals surface area contributed by atoms with E-state index >= 15 is 0 Å². The molecule has 0 aliphatic carbocycles. The Morgan fingerprint density at radius 3 is 3.05 bits per heavy atom. The maximum absolute atomic E-state index is 11.6. The van der Waals surface area contributed by atoms with Gasteiger partial charge >= 0.3 is 0 Å². The van der Waals surface area contributed by atoms with Crippen molar-refractivity contribution in [1.82, 2.24) is 19.7 Å². The molecule has 0 atom stereocenters. The molecule has 0 unspecified atom stereocenters. The number of anilines is 1. The fourth-order valence-electron chi connectivity index (χ4n) is 1.72. The van der Waals surface area contributed by atoms with Crippen LogP contribution in [-0.2, 0) is 4.79 Å². The summed E-state index contributed by atoms with van der Waals surface area (Å²) in [5.74, 6) is 1.17. The van der Waals surface area contributed by atoms with Crippen LogP contribution in [0.5, 0.6) is 0 Å². The molecular weight excluding hydrogens is 322 g/mol. The maximum Gasteiger partial charge on any atom is 0.221 e. The van der Waals surface area contributed by atoms with Gasteiger partial charge in [-0.15, -0.1) is 0 Å². The lowest BCUT2D eigenvalue weighted by molar-refractivity contribution is -0.120. The summed E-state index contributed by atoms with van der Waals surface area (Å²) in [6, 6.07) is 0. The number of rotatable bonds is 6. The van der Waals surface area contributed by atoms with Gasteiger partial charge in [-0.1, -0.05) is 13.8 Å². The van der Waals surface area contributed by atoms with Crippen LogP contribution >= 0.6 is 15.9 Å². The van der Waals surface area contributed by atoms with Gasteiger partial charge in [0.25, 0.3) is 0 Å². The molecule has 20 heavy (non-hydrogen) atoms. The highest BCUT2D eigenvalue weighted by molar-refractivity contribution is 9.10. The van der Waals surface area contributed by atoms with Crippen LogP contribution in [0.1, 0.15) is 20.3 Å². The number of hydrogen-bond acceptors (Lipinski definition) is 4. The molecule has 0 saturated heterocycles. The van der Waals surface area contributed by atoms with E-state index in [2.05, 4.69) is 50.4 Å². The van der Waals surface area contributed by atoms with Crippen molar-refractivity contribution in [2.45, 2.75) is 20.3 Å². The molecule has 2 aromatic heterocycles. The third-order valence-electron chi connectivity index (χ3n) is 2.70. The van der Waals surface area contributed by atoms with Gasteiger partial charge in [-0.3, -0.25) is 4.79 Å². The molecule has 2 aromatic rings. The average Bonchev–Trinajstić information content (AvgIpc) is 2.84. The van der Waals surface area contributed by atoms with Gasteiger partial charge in [-0.2, -0.15) is 0 Å². The molecule has 0 radical (unpaired) electrons. The van der Waals surface area contributed by atoms with Crippen molar-refractivity contribution < 1.29 is 4.79 Å². The fourth-order valence-corrected chi connectivity index (χ4v) is 2.12.